The molecule has 0 radical (unpaired) electrons. The van der Waals surface area contributed by atoms with Gasteiger partial charge < -0.3 is 15.7 Å². The lowest BCUT2D eigenvalue weighted by Gasteiger charge is -2.29. The van der Waals surface area contributed by atoms with E-state index in [1.807, 2.05) is 0 Å². The van der Waals surface area contributed by atoms with Gasteiger partial charge in [0.1, 0.15) is 0 Å². The number of carbonyl (C=O) groups is 1. The molecule has 3 N–H and O–H groups in total. The summed E-state index contributed by atoms with van der Waals surface area (Å²) in [6, 6.07) is 0.158. The van der Waals surface area contributed by atoms with Gasteiger partial charge in [0.25, 0.3) is 0 Å². The van der Waals surface area contributed by atoms with Crippen LogP contribution in [0.4, 0.5) is 0 Å². The Morgan fingerprint density at radius 2 is 2.24 bits per heavy atom. The van der Waals surface area contributed by atoms with Gasteiger partial charge in [-0.1, -0.05) is 13.3 Å². The molecule has 0 aromatic carbocycles. The standard InChI is InChI=1S/C13H24N2O2/c1-9-5-6-14-12(7-9)13(17)15-11-4-2-3-10(11)8-16/h9-12,14,16H,2-8H2,1H3,(H,15,17). The van der Waals surface area contributed by atoms with Crippen LogP contribution in [0.15, 0.2) is 0 Å². The van der Waals surface area contributed by atoms with Gasteiger partial charge in [-0.3, -0.25) is 4.79 Å². The molecule has 2 rings (SSSR count). The quantitative estimate of drug-likeness (QED) is 0.679. The molecule has 4 unspecified atom stereocenters. The zero-order valence-electron chi connectivity index (χ0n) is 10.6. The predicted molar refractivity (Wildman–Crippen MR) is 66.5 cm³/mol. The maximum Gasteiger partial charge on any atom is 0.237 e. The molecule has 4 atom stereocenters. The SMILES string of the molecule is CC1CCNC(C(=O)NC2CCCC2CO)C1. The second kappa shape index (κ2) is 5.83. The first kappa shape index (κ1) is 12.8. The highest BCUT2D eigenvalue weighted by atomic mass is 16.3. The van der Waals surface area contributed by atoms with Crippen LogP contribution in [0.1, 0.15) is 39.0 Å². The van der Waals surface area contributed by atoms with E-state index in [9.17, 15) is 9.90 Å². The number of aliphatic hydroxyl groups excluding tert-OH is 1. The summed E-state index contributed by atoms with van der Waals surface area (Å²) < 4.78 is 0. The molecule has 17 heavy (non-hydrogen) atoms. The third kappa shape index (κ3) is 3.19. The van der Waals surface area contributed by atoms with Crippen molar-refractivity contribution < 1.29 is 9.90 Å². The summed E-state index contributed by atoms with van der Waals surface area (Å²) >= 11 is 0. The third-order valence-corrected chi connectivity index (χ3v) is 4.20. The fraction of sp³-hybridized carbons (Fsp3) is 0.923. The Morgan fingerprint density at radius 3 is 2.94 bits per heavy atom. The number of piperidine rings is 1. The van der Waals surface area contributed by atoms with Crippen molar-refractivity contribution in [3.8, 4) is 0 Å². The molecule has 2 aliphatic rings. The molecule has 0 aromatic rings. The normalized spacial score (nSPS) is 38.0. The second-order valence-corrected chi connectivity index (χ2v) is 5.62. The van der Waals surface area contributed by atoms with E-state index in [-0.39, 0.29) is 30.5 Å². The first-order chi connectivity index (χ1) is 8.20. The predicted octanol–water partition coefficient (Wildman–Crippen LogP) is 0.652. The minimum absolute atomic E-state index is 0.0290. The van der Waals surface area contributed by atoms with Crippen molar-refractivity contribution in [2.45, 2.75) is 51.1 Å². The molecule has 1 saturated heterocycles. The summed E-state index contributed by atoms with van der Waals surface area (Å²) in [6.07, 6.45) is 5.26. The Morgan fingerprint density at radius 1 is 1.41 bits per heavy atom. The van der Waals surface area contributed by atoms with Crippen LogP contribution >= 0.6 is 0 Å². The molecule has 2 fully saturated rings. The first-order valence-corrected chi connectivity index (χ1v) is 6.85. The summed E-state index contributed by atoms with van der Waals surface area (Å²) in [5.74, 6) is 1.02. The zero-order chi connectivity index (χ0) is 12.3. The Kier molecular flexibility index (Phi) is 4.40. The van der Waals surface area contributed by atoms with Crippen molar-refractivity contribution in [1.29, 1.82) is 0 Å². The molecule has 1 aliphatic heterocycles. The molecule has 1 amide bonds. The van der Waals surface area contributed by atoms with E-state index >= 15 is 0 Å². The largest absolute Gasteiger partial charge is 0.396 e. The molecule has 0 bridgehead atoms. The van der Waals surface area contributed by atoms with Crippen LogP contribution in [0.3, 0.4) is 0 Å². The zero-order valence-corrected chi connectivity index (χ0v) is 10.6. The maximum absolute atomic E-state index is 12.1. The fourth-order valence-corrected chi connectivity index (χ4v) is 3.04. The number of aliphatic hydroxyl groups is 1. The van der Waals surface area contributed by atoms with Gasteiger partial charge in [0.05, 0.1) is 6.04 Å². The van der Waals surface area contributed by atoms with Crippen molar-refractivity contribution in [3.05, 3.63) is 0 Å². The molecule has 98 valence electrons. The number of nitrogens with one attached hydrogen (secondary N) is 2. The van der Waals surface area contributed by atoms with Crippen molar-refractivity contribution in [3.63, 3.8) is 0 Å². The lowest BCUT2D eigenvalue weighted by Crippen LogP contribution is -2.51. The molecular weight excluding hydrogens is 216 g/mol. The molecule has 4 nitrogen and oxygen atoms in total. The number of carbonyl (C=O) groups excluding carboxylic acids is 1. The average molecular weight is 240 g/mol. The van der Waals surface area contributed by atoms with E-state index in [2.05, 4.69) is 17.6 Å². The molecule has 1 saturated carbocycles. The fourth-order valence-electron chi connectivity index (χ4n) is 3.04. The summed E-state index contributed by atoms with van der Waals surface area (Å²) in [5.41, 5.74) is 0. The van der Waals surface area contributed by atoms with Gasteiger partial charge in [-0.2, -0.15) is 0 Å². The van der Waals surface area contributed by atoms with Crippen LogP contribution < -0.4 is 10.6 Å². The summed E-state index contributed by atoms with van der Waals surface area (Å²) in [6.45, 7) is 3.33. The highest BCUT2D eigenvalue weighted by Gasteiger charge is 2.31. The van der Waals surface area contributed by atoms with Crippen LogP contribution in [0, 0.1) is 11.8 Å². The van der Waals surface area contributed by atoms with Crippen molar-refractivity contribution in [2.24, 2.45) is 11.8 Å². The number of rotatable bonds is 3. The van der Waals surface area contributed by atoms with E-state index in [1.54, 1.807) is 0 Å². The monoisotopic (exact) mass is 240 g/mol. The third-order valence-electron chi connectivity index (χ3n) is 4.20. The number of amides is 1. The van der Waals surface area contributed by atoms with E-state index in [1.165, 1.54) is 0 Å². The van der Waals surface area contributed by atoms with E-state index in [4.69, 9.17) is 0 Å². The maximum atomic E-state index is 12.1. The molecule has 0 spiro atoms. The van der Waals surface area contributed by atoms with Gasteiger partial charge in [-0.05, 0) is 38.1 Å². The van der Waals surface area contributed by atoms with Crippen molar-refractivity contribution >= 4 is 5.91 Å². The van der Waals surface area contributed by atoms with Gasteiger partial charge in [0.2, 0.25) is 5.91 Å². The van der Waals surface area contributed by atoms with Gasteiger partial charge in [0.15, 0.2) is 0 Å². The summed E-state index contributed by atoms with van der Waals surface area (Å²) in [7, 11) is 0. The van der Waals surface area contributed by atoms with Crippen LogP contribution in [0.2, 0.25) is 0 Å². The van der Waals surface area contributed by atoms with Crippen LogP contribution in [0.5, 0.6) is 0 Å². The van der Waals surface area contributed by atoms with Crippen LogP contribution in [0.25, 0.3) is 0 Å². The highest BCUT2D eigenvalue weighted by Crippen LogP contribution is 2.25. The number of hydrogen-bond acceptors (Lipinski definition) is 3. The van der Waals surface area contributed by atoms with Crippen LogP contribution in [-0.2, 0) is 4.79 Å². The van der Waals surface area contributed by atoms with E-state index in [0.717, 1.165) is 38.6 Å². The minimum atomic E-state index is -0.0290. The Labute approximate surface area is 103 Å². The van der Waals surface area contributed by atoms with E-state index < -0.39 is 0 Å². The second-order valence-electron chi connectivity index (χ2n) is 5.62. The molecule has 1 heterocycles. The van der Waals surface area contributed by atoms with Gasteiger partial charge >= 0.3 is 0 Å². The highest BCUT2D eigenvalue weighted by molar-refractivity contribution is 5.82. The molecular formula is C13H24N2O2. The van der Waals surface area contributed by atoms with Gasteiger partial charge in [-0.15, -0.1) is 0 Å². The van der Waals surface area contributed by atoms with Gasteiger partial charge in [0, 0.05) is 18.6 Å². The van der Waals surface area contributed by atoms with E-state index in [0.29, 0.717) is 5.92 Å². The molecule has 0 aromatic heterocycles. The summed E-state index contributed by atoms with van der Waals surface area (Å²) in [5, 5.41) is 15.6. The molecule has 4 heteroatoms. The Bertz CT molecular complexity index is 270. The van der Waals surface area contributed by atoms with Crippen molar-refractivity contribution in [1.82, 2.24) is 10.6 Å². The van der Waals surface area contributed by atoms with Gasteiger partial charge in [-0.25, -0.2) is 0 Å². The Balaban J connectivity index is 1.83. The van der Waals surface area contributed by atoms with Crippen molar-refractivity contribution in [2.75, 3.05) is 13.2 Å². The number of hydrogen-bond donors (Lipinski definition) is 3. The average Bonchev–Trinajstić information content (AvgIpc) is 2.76. The molecule has 1 aliphatic carbocycles. The lowest BCUT2D eigenvalue weighted by atomic mass is 9.93. The lowest BCUT2D eigenvalue weighted by molar-refractivity contribution is -0.125. The Hall–Kier alpha value is -0.610. The van der Waals surface area contributed by atoms with Crippen LogP contribution in [-0.4, -0.2) is 36.2 Å². The smallest absolute Gasteiger partial charge is 0.237 e. The topological polar surface area (TPSA) is 61.4 Å². The summed E-state index contributed by atoms with van der Waals surface area (Å²) in [4.78, 5) is 12.1. The first-order valence-electron chi connectivity index (χ1n) is 6.85. The minimum Gasteiger partial charge on any atom is -0.396 e.